The molecule has 0 aliphatic heterocycles. The van der Waals surface area contributed by atoms with Crippen LogP contribution in [-0.4, -0.2) is 37.9 Å². The summed E-state index contributed by atoms with van der Waals surface area (Å²) in [6, 6.07) is 0. The smallest absolute Gasteiger partial charge is 0.306 e. The van der Waals surface area contributed by atoms with Gasteiger partial charge in [-0.15, -0.1) is 0 Å². The van der Waals surface area contributed by atoms with Crippen molar-refractivity contribution in [3.63, 3.8) is 0 Å². The zero-order valence-corrected chi connectivity index (χ0v) is 39.6. The summed E-state index contributed by atoms with van der Waals surface area (Å²) in [4.78, 5) is 25.4. The third-order valence-electron chi connectivity index (χ3n) is 11.8. The molecule has 1 atom stereocenters. The SMILES string of the molecule is CCCCCCCC/C=C\CCCCCCCC(=O)OC(COCCCCCCCCCCCC)COC(=O)CCCCCCCCCCCCCCCCCCC. The van der Waals surface area contributed by atoms with Crippen molar-refractivity contribution in [3.8, 4) is 0 Å². The molecule has 0 radical (unpaired) electrons. The Kier molecular flexibility index (Phi) is 48.8. The maximum absolute atomic E-state index is 12.8. The fourth-order valence-electron chi connectivity index (χ4n) is 7.86. The Morgan fingerprint density at radius 3 is 1.05 bits per heavy atom. The maximum Gasteiger partial charge on any atom is 0.306 e. The molecule has 0 bridgehead atoms. The van der Waals surface area contributed by atoms with Crippen LogP contribution in [0.3, 0.4) is 0 Å². The molecule has 58 heavy (non-hydrogen) atoms. The van der Waals surface area contributed by atoms with Crippen molar-refractivity contribution in [2.75, 3.05) is 19.8 Å². The number of allylic oxidation sites excluding steroid dienone is 2. The second-order valence-electron chi connectivity index (χ2n) is 17.8. The van der Waals surface area contributed by atoms with Gasteiger partial charge >= 0.3 is 11.9 Å². The van der Waals surface area contributed by atoms with E-state index in [1.807, 2.05) is 0 Å². The van der Waals surface area contributed by atoms with E-state index in [0.29, 0.717) is 26.1 Å². The molecule has 0 aromatic carbocycles. The number of unbranched alkanes of at least 4 members (excludes halogenated alkanes) is 36. The summed E-state index contributed by atoms with van der Waals surface area (Å²) in [6.45, 7) is 7.87. The van der Waals surface area contributed by atoms with Gasteiger partial charge in [0.15, 0.2) is 6.10 Å². The van der Waals surface area contributed by atoms with Gasteiger partial charge in [0.1, 0.15) is 6.61 Å². The number of hydrogen-bond acceptors (Lipinski definition) is 5. The monoisotopic (exact) mass is 819 g/mol. The van der Waals surface area contributed by atoms with Crippen LogP contribution in [-0.2, 0) is 23.8 Å². The predicted octanol–water partition coefficient (Wildman–Crippen LogP) is 17.5. The Morgan fingerprint density at radius 2 is 0.672 bits per heavy atom. The third kappa shape index (κ3) is 47.3. The van der Waals surface area contributed by atoms with Gasteiger partial charge < -0.3 is 14.2 Å². The standard InChI is InChI=1S/C53H102O5/c1-4-7-10-13-16-19-22-24-26-27-29-30-32-34-37-40-43-46-52(54)57-50-51(49-56-48-45-42-39-36-21-18-15-12-9-6-3)58-53(55)47-44-41-38-35-33-31-28-25-23-20-17-14-11-8-5-2/h25,28,51H,4-24,26-27,29-50H2,1-3H3/b28-25-. The van der Waals surface area contributed by atoms with Crippen molar-refractivity contribution < 1.29 is 23.8 Å². The van der Waals surface area contributed by atoms with Crippen molar-refractivity contribution in [2.45, 2.75) is 297 Å². The molecule has 0 fully saturated rings. The van der Waals surface area contributed by atoms with Gasteiger partial charge in [-0.2, -0.15) is 0 Å². The van der Waals surface area contributed by atoms with Crippen LogP contribution in [0.4, 0.5) is 0 Å². The molecule has 0 spiro atoms. The lowest BCUT2D eigenvalue weighted by atomic mass is 10.0. The lowest BCUT2D eigenvalue weighted by Crippen LogP contribution is -2.30. The molecule has 0 amide bonds. The normalized spacial score (nSPS) is 12.1. The number of rotatable bonds is 49. The molecule has 344 valence electrons. The molecule has 0 aliphatic rings. The van der Waals surface area contributed by atoms with Crippen LogP contribution in [0.1, 0.15) is 290 Å². The molecular weight excluding hydrogens is 717 g/mol. The molecule has 0 aliphatic carbocycles. The minimum absolute atomic E-state index is 0.0912. The summed E-state index contributed by atoms with van der Waals surface area (Å²) in [5.74, 6) is -0.386. The van der Waals surface area contributed by atoms with Gasteiger partial charge in [0.25, 0.3) is 0 Å². The summed E-state index contributed by atoms with van der Waals surface area (Å²) < 4.78 is 17.4. The summed E-state index contributed by atoms with van der Waals surface area (Å²) in [5.41, 5.74) is 0. The first-order valence-electron chi connectivity index (χ1n) is 26.2. The molecular formula is C53H102O5. The van der Waals surface area contributed by atoms with Crippen LogP contribution >= 0.6 is 0 Å². The first kappa shape index (κ1) is 56.6. The van der Waals surface area contributed by atoms with Crippen LogP contribution in [0.25, 0.3) is 0 Å². The summed E-state index contributed by atoms with van der Waals surface area (Å²) in [7, 11) is 0. The Hall–Kier alpha value is -1.36. The Morgan fingerprint density at radius 1 is 0.362 bits per heavy atom. The topological polar surface area (TPSA) is 61.8 Å². The van der Waals surface area contributed by atoms with E-state index in [-0.39, 0.29) is 18.5 Å². The first-order valence-corrected chi connectivity index (χ1v) is 26.2. The highest BCUT2D eigenvalue weighted by molar-refractivity contribution is 5.70. The van der Waals surface area contributed by atoms with Gasteiger partial charge in [0, 0.05) is 19.4 Å². The fourth-order valence-corrected chi connectivity index (χ4v) is 7.86. The van der Waals surface area contributed by atoms with E-state index in [9.17, 15) is 9.59 Å². The van der Waals surface area contributed by atoms with Gasteiger partial charge in [-0.1, -0.05) is 245 Å². The van der Waals surface area contributed by atoms with Gasteiger partial charge in [0.05, 0.1) is 6.61 Å². The second-order valence-corrected chi connectivity index (χ2v) is 17.8. The number of ether oxygens (including phenoxy) is 3. The van der Waals surface area contributed by atoms with E-state index in [0.717, 1.165) is 44.9 Å². The second kappa shape index (κ2) is 50.0. The minimum Gasteiger partial charge on any atom is -0.462 e. The fraction of sp³-hybridized carbons (Fsp3) is 0.925. The van der Waals surface area contributed by atoms with Crippen LogP contribution < -0.4 is 0 Å². The number of carbonyl (C=O) groups excluding carboxylic acids is 2. The molecule has 0 heterocycles. The van der Waals surface area contributed by atoms with Crippen LogP contribution in [0, 0.1) is 0 Å². The van der Waals surface area contributed by atoms with Crippen molar-refractivity contribution in [1.29, 1.82) is 0 Å². The summed E-state index contributed by atoms with van der Waals surface area (Å²) in [6.07, 6.45) is 56.4. The average molecular weight is 819 g/mol. The highest BCUT2D eigenvalue weighted by Gasteiger charge is 2.17. The number of esters is 2. The zero-order valence-electron chi connectivity index (χ0n) is 39.6. The highest BCUT2D eigenvalue weighted by Crippen LogP contribution is 2.16. The molecule has 0 N–H and O–H groups in total. The number of hydrogen-bond donors (Lipinski definition) is 0. The quantitative estimate of drug-likeness (QED) is 0.0348. The average Bonchev–Trinajstić information content (AvgIpc) is 3.22. The van der Waals surface area contributed by atoms with Crippen LogP contribution in [0.2, 0.25) is 0 Å². The molecule has 0 rings (SSSR count). The Balaban J connectivity index is 4.16. The highest BCUT2D eigenvalue weighted by atomic mass is 16.6. The molecule has 5 heteroatoms. The van der Waals surface area contributed by atoms with Crippen molar-refractivity contribution in [1.82, 2.24) is 0 Å². The van der Waals surface area contributed by atoms with E-state index in [1.54, 1.807) is 0 Å². The molecule has 1 unspecified atom stereocenters. The van der Waals surface area contributed by atoms with Gasteiger partial charge in [0.2, 0.25) is 0 Å². The van der Waals surface area contributed by atoms with E-state index >= 15 is 0 Å². The number of carbonyl (C=O) groups is 2. The van der Waals surface area contributed by atoms with Gasteiger partial charge in [-0.05, 0) is 44.9 Å². The van der Waals surface area contributed by atoms with Crippen molar-refractivity contribution >= 4 is 11.9 Å². The lowest BCUT2D eigenvalue weighted by Gasteiger charge is -2.18. The van der Waals surface area contributed by atoms with Crippen LogP contribution in [0.5, 0.6) is 0 Å². The van der Waals surface area contributed by atoms with E-state index in [2.05, 4.69) is 32.9 Å². The van der Waals surface area contributed by atoms with E-state index in [4.69, 9.17) is 14.2 Å². The summed E-state index contributed by atoms with van der Waals surface area (Å²) >= 11 is 0. The molecule has 0 saturated carbocycles. The Labute approximate surface area is 363 Å². The molecule has 0 saturated heterocycles. The molecule has 0 aromatic heterocycles. The third-order valence-corrected chi connectivity index (χ3v) is 11.8. The molecule has 0 aromatic rings. The maximum atomic E-state index is 12.8. The van der Waals surface area contributed by atoms with Crippen molar-refractivity contribution in [2.24, 2.45) is 0 Å². The first-order chi connectivity index (χ1) is 28.6. The van der Waals surface area contributed by atoms with E-state index < -0.39 is 6.10 Å². The zero-order chi connectivity index (χ0) is 42.1. The van der Waals surface area contributed by atoms with Gasteiger partial charge in [-0.25, -0.2) is 0 Å². The molecule has 5 nitrogen and oxygen atoms in total. The van der Waals surface area contributed by atoms with Crippen LogP contribution in [0.15, 0.2) is 12.2 Å². The summed E-state index contributed by atoms with van der Waals surface area (Å²) in [5, 5.41) is 0. The minimum atomic E-state index is -0.529. The predicted molar refractivity (Wildman–Crippen MR) is 252 cm³/mol. The van der Waals surface area contributed by atoms with Crippen molar-refractivity contribution in [3.05, 3.63) is 12.2 Å². The largest absolute Gasteiger partial charge is 0.462 e. The lowest BCUT2D eigenvalue weighted by molar-refractivity contribution is -0.163. The Bertz CT molecular complexity index is 840. The van der Waals surface area contributed by atoms with E-state index in [1.165, 1.54) is 212 Å². The van der Waals surface area contributed by atoms with Gasteiger partial charge in [-0.3, -0.25) is 9.59 Å².